The summed E-state index contributed by atoms with van der Waals surface area (Å²) in [6.45, 7) is 0. The van der Waals surface area contributed by atoms with Gasteiger partial charge in [-0.25, -0.2) is 0 Å². The topological polar surface area (TPSA) is 64.9 Å². The van der Waals surface area contributed by atoms with E-state index < -0.39 is 0 Å². The Balaban J connectivity index is 1.73. The van der Waals surface area contributed by atoms with Gasteiger partial charge in [0.15, 0.2) is 5.11 Å². The zero-order valence-electron chi connectivity index (χ0n) is 14.1. The van der Waals surface area contributed by atoms with Gasteiger partial charge in [-0.2, -0.15) is 5.26 Å². The number of nitriles is 1. The summed E-state index contributed by atoms with van der Waals surface area (Å²) >= 11 is 10.2. The average molecular weight is 448 g/mol. The van der Waals surface area contributed by atoms with E-state index in [0.29, 0.717) is 11.1 Å². The van der Waals surface area contributed by atoms with Crippen molar-refractivity contribution in [1.29, 1.82) is 5.26 Å². The van der Waals surface area contributed by atoms with E-state index >= 15 is 0 Å². The Kier molecular flexibility index (Phi) is 6.41. The summed E-state index contributed by atoms with van der Waals surface area (Å²) in [5.74, 6) is -0.275. The first-order valence-corrected chi connectivity index (χ1v) is 10.5. The zero-order chi connectivity index (χ0) is 18.5. The number of carbonyl (C=O) groups is 1. The minimum Gasteiger partial charge on any atom is -0.323 e. The Labute approximate surface area is 170 Å². The van der Waals surface area contributed by atoms with E-state index in [1.54, 1.807) is 35.6 Å². The second-order valence-electron chi connectivity index (χ2n) is 6.15. The van der Waals surface area contributed by atoms with E-state index in [4.69, 9.17) is 12.2 Å². The van der Waals surface area contributed by atoms with Gasteiger partial charge in [0, 0.05) is 14.9 Å². The Morgan fingerprint density at radius 2 is 1.85 bits per heavy atom. The SMILES string of the molecule is N#Cc1c(NC(=S)NC(=O)c2ccc(Br)cc2)sc2c1CCCCCC2. The standard InChI is InChI=1S/C19H18BrN3OS2/c20-13-9-7-12(8-10-13)17(24)22-19(25)23-18-15(11-21)14-5-3-1-2-4-6-16(14)26-18/h7-10H,1-6H2,(H2,22,23,24,25). The summed E-state index contributed by atoms with van der Waals surface area (Å²) in [4.78, 5) is 13.6. The fourth-order valence-electron chi connectivity index (χ4n) is 3.04. The molecule has 1 heterocycles. The van der Waals surface area contributed by atoms with Gasteiger partial charge in [0.25, 0.3) is 5.91 Å². The molecule has 7 heteroatoms. The van der Waals surface area contributed by atoms with Crippen LogP contribution in [0.5, 0.6) is 0 Å². The number of halogens is 1. The largest absolute Gasteiger partial charge is 0.323 e. The molecule has 1 aliphatic carbocycles. The summed E-state index contributed by atoms with van der Waals surface area (Å²) in [6, 6.07) is 9.37. The van der Waals surface area contributed by atoms with Crippen molar-refractivity contribution in [2.75, 3.05) is 5.32 Å². The molecule has 0 bridgehead atoms. The van der Waals surface area contributed by atoms with Crippen LogP contribution in [0.1, 0.15) is 52.0 Å². The predicted octanol–water partition coefficient (Wildman–Crippen LogP) is 5.17. The number of thiocarbonyl (C=S) groups is 1. The number of nitrogens with one attached hydrogen (secondary N) is 2. The van der Waals surface area contributed by atoms with E-state index in [1.165, 1.54) is 17.7 Å². The van der Waals surface area contributed by atoms with Crippen LogP contribution in [-0.4, -0.2) is 11.0 Å². The summed E-state index contributed by atoms with van der Waals surface area (Å²) in [5.41, 5.74) is 2.35. The lowest BCUT2D eigenvalue weighted by Crippen LogP contribution is -2.34. The maximum Gasteiger partial charge on any atom is 0.257 e. The number of nitrogens with zero attached hydrogens (tertiary/aromatic N) is 1. The van der Waals surface area contributed by atoms with Crippen molar-refractivity contribution in [3.8, 4) is 6.07 Å². The van der Waals surface area contributed by atoms with Crippen LogP contribution in [0, 0.1) is 11.3 Å². The van der Waals surface area contributed by atoms with Gasteiger partial charge in [0.1, 0.15) is 11.1 Å². The first-order valence-electron chi connectivity index (χ1n) is 8.51. The monoisotopic (exact) mass is 447 g/mol. The summed E-state index contributed by atoms with van der Waals surface area (Å²) in [7, 11) is 0. The first kappa shape index (κ1) is 19.0. The van der Waals surface area contributed by atoms with Gasteiger partial charge in [-0.1, -0.05) is 28.8 Å². The second kappa shape index (κ2) is 8.76. The van der Waals surface area contributed by atoms with Crippen LogP contribution in [-0.2, 0) is 12.8 Å². The third-order valence-corrected chi connectivity index (χ3v) is 6.28. The number of amides is 1. The lowest BCUT2D eigenvalue weighted by atomic mass is 9.97. The number of carbonyl (C=O) groups excluding carboxylic acids is 1. The maximum absolute atomic E-state index is 12.3. The first-order chi connectivity index (χ1) is 12.6. The van der Waals surface area contributed by atoms with E-state index in [-0.39, 0.29) is 11.0 Å². The molecule has 0 spiro atoms. The molecule has 26 heavy (non-hydrogen) atoms. The number of hydrogen-bond acceptors (Lipinski definition) is 4. The van der Waals surface area contributed by atoms with Crippen LogP contribution in [0.3, 0.4) is 0 Å². The van der Waals surface area contributed by atoms with Gasteiger partial charge in [0.05, 0.1) is 5.56 Å². The number of hydrogen-bond donors (Lipinski definition) is 2. The molecule has 0 unspecified atom stereocenters. The number of aryl methyl sites for hydroxylation is 1. The van der Waals surface area contributed by atoms with Crippen molar-refractivity contribution in [3.05, 3.63) is 50.3 Å². The van der Waals surface area contributed by atoms with Crippen molar-refractivity contribution in [3.63, 3.8) is 0 Å². The van der Waals surface area contributed by atoms with Gasteiger partial charge in [0.2, 0.25) is 0 Å². The van der Waals surface area contributed by atoms with Crippen molar-refractivity contribution < 1.29 is 4.79 Å². The highest BCUT2D eigenvalue weighted by atomic mass is 79.9. The normalized spacial score (nSPS) is 13.7. The molecule has 4 nitrogen and oxygen atoms in total. The van der Waals surface area contributed by atoms with Crippen LogP contribution >= 0.6 is 39.5 Å². The molecule has 0 fully saturated rings. The summed E-state index contributed by atoms with van der Waals surface area (Å²) < 4.78 is 0.907. The maximum atomic E-state index is 12.3. The summed E-state index contributed by atoms with van der Waals surface area (Å²) in [6.07, 6.45) is 6.67. The quantitative estimate of drug-likeness (QED) is 0.623. The second-order valence-corrected chi connectivity index (χ2v) is 8.58. The lowest BCUT2D eigenvalue weighted by Gasteiger charge is -2.09. The van der Waals surface area contributed by atoms with E-state index in [1.807, 2.05) is 0 Å². The molecule has 1 aromatic heterocycles. The zero-order valence-corrected chi connectivity index (χ0v) is 17.3. The van der Waals surface area contributed by atoms with Crippen LogP contribution in [0.25, 0.3) is 0 Å². The minimum absolute atomic E-state index is 0.212. The molecule has 0 radical (unpaired) electrons. The minimum atomic E-state index is -0.275. The van der Waals surface area contributed by atoms with Crippen LogP contribution in [0.2, 0.25) is 0 Å². The third-order valence-electron chi connectivity index (χ3n) is 4.34. The molecule has 1 aromatic carbocycles. The number of thiophene rings is 1. The molecular formula is C19H18BrN3OS2. The van der Waals surface area contributed by atoms with E-state index in [0.717, 1.165) is 40.7 Å². The van der Waals surface area contributed by atoms with Crippen molar-refractivity contribution in [1.82, 2.24) is 5.32 Å². The van der Waals surface area contributed by atoms with E-state index in [9.17, 15) is 10.1 Å². The molecule has 0 atom stereocenters. The Morgan fingerprint density at radius 1 is 1.15 bits per heavy atom. The van der Waals surface area contributed by atoms with Crippen molar-refractivity contribution in [2.24, 2.45) is 0 Å². The Morgan fingerprint density at radius 3 is 2.54 bits per heavy atom. The molecule has 2 aromatic rings. The van der Waals surface area contributed by atoms with E-state index in [2.05, 4.69) is 32.6 Å². The molecule has 1 aliphatic rings. The molecule has 3 rings (SSSR count). The Bertz CT molecular complexity index is 868. The molecule has 1 amide bonds. The van der Waals surface area contributed by atoms with Crippen LogP contribution < -0.4 is 10.6 Å². The van der Waals surface area contributed by atoms with Crippen molar-refractivity contribution in [2.45, 2.75) is 38.5 Å². The highest BCUT2D eigenvalue weighted by Gasteiger charge is 2.20. The van der Waals surface area contributed by atoms with Crippen LogP contribution in [0.4, 0.5) is 5.00 Å². The van der Waals surface area contributed by atoms with Gasteiger partial charge in [-0.3, -0.25) is 10.1 Å². The number of fused-ring (bicyclic) bond motifs is 1. The number of benzene rings is 1. The highest BCUT2D eigenvalue weighted by Crippen LogP contribution is 2.36. The number of anilines is 1. The number of rotatable bonds is 2. The molecule has 0 saturated carbocycles. The highest BCUT2D eigenvalue weighted by molar-refractivity contribution is 9.10. The fourth-order valence-corrected chi connectivity index (χ4v) is 4.80. The van der Waals surface area contributed by atoms with Gasteiger partial charge in [-0.05, 0) is 67.7 Å². The molecule has 0 saturated heterocycles. The smallest absolute Gasteiger partial charge is 0.257 e. The average Bonchev–Trinajstić information content (AvgIpc) is 2.90. The third kappa shape index (κ3) is 4.50. The van der Waals surface area contributed by atoms with Gasteiger partial charge >= 0.3 is 0 Å². The summed E-state index contributed by atoms with van der Waals surface area (Å²) in [5, 5.41) is 16.3. The molecule has 134 valence electrons. The van der Waals surface area contributed by atoms with Gasteiger partial charge < -0.3 is 5.32 Å². The van der Waals surface area contributed by atoms with Crippen LogP contribution in [0.15, 0.2) is 28.7 Å². The molecular weight excluding hydrogens is 430 g/mol. The fraction of sp³-hybridized carbons (Fsp3) is 0.316. The lowest BCUT2D eigenvalue weighted by molar-refractivity contribution is 0.0977. The Hall–Kier alpha value is -1.75. The molecule has 2 N–H and O–H groups in total. The molecule has 0 aliphatic heterocycles. The predicted molar refractivity (Wildman–Crippen MR) is 113 cm³/mol. The van der Waals surface area contributed by atoms with Crippen molar-refractivity contribution >= 4 is 55.5 Å². The van der Waals surface area contributed by atoms with Gasteiger partial charge in [-0.15, -0.1) is 11.3 Å².